The van der Waals surface area contributed by atoms with Gasteiger partial charge in [0, 0.05) is 6.42 Å². The van der Waals surface area contributed by atoms with Crippen LogP contribution in [0, 0.1) is 17.1 Å². The zero-order valence-corrected chi connectivity index (χ0v) is 12.2. The third-order valence-corrected chi connectivity index (χ3v) is 2.91. The Labute approximate surface area is 122 Å². The summed E-state index contributed by atoms with van der Waals surface area (Å²) < 4.78 is 18.8. The first kappa shape index (κ1) is 15.3. The Morgan fingerprint density at radius 2 is 2.19 bits per heavy atom. The number of nitriles is 1. The highest BCUT2D eigenvalue weighted by Crippen LogP contribution is 2.32. The lowest BCUT2D eigenvalue weighted by Crippen LogP contribution is -2.35. The molecule has 6 heteroatoms. The SMILES string of the molecule is CC(C)(C)OC(=O)N1OCC[C@H]1c1cc(F)cc(C#N)c1. The summed E-state index contributed by atoms with van der Waals surface area (Å²) in [6.45, 7) is 5.60. The van der Waals surface area contributed by atoms with E-state index in [2.05, 4.69) is 0 Å². The van der Waals surface area contributed by atoms with E-state index >= 15 is 0 Å². The minimum Gasteiger partial charge on any atom is -0.442 e. The Balaban J connectivity index is 2.25. The molecule has 0 aromatic heterocycles. The fourth-order valence-corrected chi connectivity index (χ4v) is 2.13. The first-order valence-corrected chi connectivity index (χ1v) is 6.66. The topological polar surface area (TPSA) is 62.6 Å². The summed E-state index contributed by atoms with van der Waals surface area (Å²) in [5.41, 5.74) is 0.0869. The van der Waals surface area contributed by atoms with Crippen molar-refractivity contribution in [1.29, 1.82) is 5.26 Å². The van der Waals surface area contributed by atoms with Crippen LogP contribution in [0.2, 0.25) is 0 Å². The summed E-state index contributed by atoms with van der Waals surface area (Å²) in [4.78, 5) is 17.4. The molecule has 0 N–H and O–H groups in total. The number of carbonyl (C=O) groups excluding carboxylic acids is 1. The number of hydrogen-bond acceptors (Lipinski definition) is 4. The van der Waals surface area contributed by atoms with Crippen molar-refractivity contribution in [2.24, 2.45) is 0 Å². The molecule has 1 aromatic carbocycles. The summed E-state index contributed by atoms with van der Waals surface area (Å²) in [7, 11) is 0. The quantitative estimate of drug-likeness (QED) is 0.796. The predicted molar refractivity (Wildman–Crippen MR) is 72.5 cm³/mol. The zero-order valence-electron chi connectivity index (χ0n) is 12.2. The van der Waals surface area contributed by atoms with E-state index in [-0.39, 0.29) is 5.56 Å². The molecule has 1 heterocycles. The van der Waals surface area contributed by atoms with Gasteiger partial charge >= 0.3 is 6.09 Å². The summed E-state index contributed by atoms with van der Waals surface area (Å²) in [5, 5.41) is 10.0. The molecule has 1 saturated heterocycles. The minimum atomic E-state index is -0.646. The number of ether oxygens (including phenoxy) is 1. The molecule has 0 unspecified atom stereocenters. The van der Waals surface area contributed by atoms with Crippen LogP contribution in [0.5, 0.6) is 0 Å². The summed E-state index contributed by atoms with van der Waals surface area (Å²) in [6, 6.07) is 5.45. The van der Waals surface area contributed by atoms with Crippen LogP contribution in [0.25, 0.3) is 0 Å². The molecule has 112 valence electrons. The van der Waals surface area contributed by atoms with Gasteiger partial charge in [-0.1, -0.05) is 0 Å². The zero-order chi connectivity index (χ0) is 15.6. The fourth-order valence-electron chi connectivity index (χ4n) is 2.13. The lowest BCUT2D eigenvalue weighted by molar-refractivity contribution is -0.125. The van der Waals surface area contributed by atoms with Gasteiger partial charge in [0.1, 0.15) is 11.4 Å². The molecular formula is C15H17FN2O3. The number of amides is 1. The highest BCUT2D eigenvalue weighted by molar-refractivity contribution is 5.68. The number of benzene rings is 1. The summed E-state index contributed by atoms with van der Waals surface area (Å²) >= 11 is 0. The average Bonchev–Trinajstić information content (AvgIpc) is 2.85. The molecule has 0 radical (unpaired) electrons. The van der Waals surface area contributed by atoms with E-state index in [9.17, 15) is 9.18 Å². The van der Waals surface area contributed by atoms with Crippen molar-refractivity contribution in [3.05, 3.63) is 35.1 Å². The molecular weight excluding hydrogens is 275 g/mol. The van der Waals surface area contributed by atoms with Crippen LogP contribution in [0.1, 0.15) is 44.4 Å². The molecule has 2 rings (SSSR count). The second-order valence-corrected chi connectivity index (χ2v) is 5.83. The molecule has 1 aliphatic rings. The van der Waals surface area contributed by atoms with E-state index < -0.39 is 23.6 Å². The number of nitrogens with zero attached hydrogens (tertiary/aromatic N) is 2. The fraction of sp³-hybridized carbons (Fsp3) is 0.467. The van der Waals surface area contributed by atoms with E-state index in [4.69, 9.17) is 14.8 Å². The number of hydroxylamine groups is 2. The normalized spacial score (nSPS) is 18.4. The maximum atomic E-state index is 13.5. The van der Waals surface area contributed by atoms with E-state index in [0.717, 1.165) is 11.1 Å². The molecule has 0 saturated carbocycles. The smallest absolute Gasteiger partial charge is 0.435 e. The molecule has 0 bridgehead atoms. The van der Waals surface area contributed by atoms with Gasteiger partial charge in [-0.05, 0) is 44.5 Å². The van der Waals surface area contributed by atoms with Crippen molar-refractivity contribution in [2.45, 2.75) is 38.8 Å². The molecule has 0 spiro atoms. The van der Waals surface area contributed by atoms with Gasteiger partial charge in [-0.25, -0.2) is 9.18 Å². The predicted octanol–water partition coefficient (Wildman–Crippen LogP) is 3.31. The standard InChI is InChI=1S/C15H17FN2O3/c1-15(2,3)21-14(19)18-13(4-5-20-18)11-6-10(9-17)7-12(16)8-11/h6-8,13H,4-5H2,1-3H3/t13-/m0/s1. The lowest BCUT2D eigenvalue weighted by atomic mass is 10.0. The van der Waals surface area contributed by atoms with Gasteiger partial charge in [-0.15, -0.1) is 0 Å². The third kappa shape index (κ3) is 3.70. The Bertz CT molecular complexity index is 590. The molecule has 0 aliphatic carbocycles. The van der Waals surface area contributed by atoms with E-state index in [1.54, 1.807) is 26.8 Å². The van der Waals surface area contributed by atoms with Crippen LogP contribution in [0.4, 0.5) is 9.18 Å². The molecule has 5 nitrogen and oxygen atoms in total. The van der Waals surface area contributed by atoms with Gasteiger partial charge in [-0.3, -0.25) is 4.84 Å². The van der Waals surface area contributed by atoms with Crippen molar-refractivity contribution in [3.8, 4) is 6.07 Å². The summed E-state index contributed by atoms with van der Waals surface area (Å²) in [5.74, 6) is -0.514. The minimum absolute atomic E-state index is 0.209. The number of rotatable bonds is 1. The first-order valence-electron chi connectivity index (χ1n) is 6.66. The lowest BCUT2D eigenvalue weighted by Gasteiger charge is -2.27. The number of hydrogen-bond donors (Lipinski definition) is 0. The van der Waals surface area contributed by atoms with Gasteiger partial charge in [0.05, 0.1) is 24.3 Å². The Hall–Kier alpha value is -2.13. The van der Waals surface area contributed by atoms with E-state index in [1.807, 2.05) is 6.07 Å². The highest BCUT2D eigenvalue weighted by atomic mass is 19.1. The Morgan fingerprint density at radius 3 is 2.81 bits per heavy atom. The Kier molecular flexibility index (Phi) is 4.14. The van der Waals surface area contributed by atoms with Crippen LogP contribution >= 0.6 is 0 Å². The largest absolute Gasteiger partial charge is 0.442 e. The monoisotopic (exact) mass is 292 g/mol. The molecule has 1 atom stereocenters. The second-order valence-electron chi connectivity index (χ2n) is 5.83. The van der Waals surface area contributed by atoms with Gasteiger partial charge in [0.25, 0.3) is 0 Å². The third-order valence-electron chi connectivity index (χ3n) is 2.91. The van der Waals surface area contributed by atoms with Gasteiger partial charge < -0.3 is 4.74 Å². The highest BCUT2D eigenvalue weighted by Gasteiger charge is 2.35. The van der Waals surface area contributed by atoms with Crippen molar-refractivity contribution in [2.75, 3.05) is 6.61 Å². The molecule has 21 heavy (non-hydrogen) atoms. The molecule has 1 fully saturated rings. The summed E-state index contributed by atoms with van der Waals surface area (Å²) in [6.07, 6.45) is -0.0964. The van der Waals surface area contributed by atoms with Crippen LogP contribution < -0.4 is 0 Å². The number of carbonyl (C=O) groups is 1. The first-order chi connectivity index (χ1) is 9.80. The van der Waals surface area contributed by atoms with Crippen molar-refractivity contribution in [1.82, 2.24) is 5.06 Å². The van der Waals surface area contributed by atoms with E-state index in [1.165, 1.54) is 6.07 Å². The van der Waals surface area contributed by atoms with Crippen LogP contribution in [-0.4, -0.2) is 23.4 Å². The van der Waals surface area contributed by atoms with Crippen LogP contribution in [-0.2, 0) is 9.57 Å². The maximum absolute atomic E-state index is 13.5. The van der Waals surface area contributed by atoms with Crippen LogP contribution in [0.15, 0.2) is 18.2 Å². The van der Waals surface area contributed by atoms with Crippen molar-refractivity contribution >= 4 is 6.09 Å². The van der Waals surface area contributed by atoms with Gasteiger partial charge in [0.15, 0.2) is 0 Å². The molecule has 1 aromatic rings. The maximum Gasteiger partial charge on any atom is 0.435 e. The Morgan fingerprint density at radius 1 is 1.48 bits per heavy atom. The second kappa shape index (κ2) is 5.70. The number of halogens is 1. The molecule has 1 amide bonds. The van der Waals surface area contributed by atoms with Crippen molar-refractivity contribution in [3.63, 3.8) is 0 Å². The molecule has 1 aliphatic heterocycles. The average molecular weight is 292 g/mol. The van der Waals surface area contributed by atoms with Crippen LogP contribution in [0.3, 0.4) is 0 Å². The van der Waals surface area contributed by atoms with Gasteiger partial charge in [-0.2, -0.15) is 10.3 Å². The van der Waals surface area contributed by atoms with E-state index in [0.29, 0.717) is 18.6 Å². The van der Waals surface area contributed by atoms with Gasteiger partial charge in [0.2, 0.25) is 0 Å². The van der Waals surface area contributed by atoms with Crippen molar-refractivity contribution < 1.29 is 18.8 Å².